The van der Waals surface area contributed by atoms with Crippen molar-refractivity contribution in [2.45, 2.75) is 6.92 Å². The van der Waals surface area contributed by atoms with E-state index in [1.54, 1.807) is 0 Å². The van der Waals surface area contributed by atoms with Crippen molar-refractivity contribution in [3.63, 3.8) is 0 Å². The maximum Gasteiger partial charge on any atom is 0.0939 e. The first-order valence-electron chi connectivity index (χ1n) is 4.38. The van der Waals surface area contributed by atoms with E-state index in [0.717, 1.165) is 26.2 Å². The third-order valence-electron chi connectivity index (χ3n) is 2.24. The van der Waals surface area contributed by atoms with Gasteiger partial charge in [-0.1, -0.05) is 0 Å². The molecule has 1 fully saturated rings. The molecule has 0 amide bonds. The topological polar surface area (TPSA) is 15.3 Å². The van der Waals surface area contributed by atoms with E-state index in [1.165, 1.54) is 10.6 Å². The van der Waals surface area contributed by atoms with Gasteiger partial charge in [0.2, 0.25) is 0 Å². The zero-order valence-corrected chi connectivity index (χ0v) is 8.16. The monoisotopic (exact) mass is 182 g/mol. The Morgan fingerprint density at radius 2 is 2.17 bits per heavy atom. The fraction of sp³-hybridized carbons (Fsp3) is 0.556. The summed E-state index contributed by atoms with van der Waals surface area (Å²) in [6.45, 7) is 6.74. The quantitative estimate of drug-likeness (QED) is 0.707. The van der Waals surface area contributed by atoms with E-state index in [2.05, 4.69) is 28.6 Å². The van der Waals surface area contributed by atoms with Gasteiger partial charge in [0, 0.05) is 26.2 Å². The van der Waals surface area contributed by atoms with E-state index in [4.69, 9.17) is 0 Å². The van der Waals surface area contributed by atoms with Crippen molar-refractivity contribution < 1.29 is 0 Å². The fourth-order valence-corrected chi connectivity index (χ4v) is 2.54. The summed E-state index contributed by atoms with van der Waals surface area (Å²) in [4.78, 5) is 2.47. The van der Waals surface area contributed by atoms with Crippen LogP contribution in [-0.2, 0) is 0 Å². The van der Waals surface area contributed by atoms with E-state index >= 15 is 0 Å². The highest BCUT2D eigenvalue weighted by molar-refractivity contribution is 7.14. The van der Waals surface area contributed by atoms with Crippen LogP contribution in [0.25, 0.3) is 0 Å². The zero-order chi connectivity index (χ0) is 8.39. The van der Waals surface area contributed by atoms with Crippen LogP contribution in [0.3, 0.4) is 0 Å². The van der Waals surface area contributed by atoms with E-state index in [-0.39, 0.29) is 0 Å². The molecule has 1 aromatic rings. The van der Waals surface area contributed by atoms with E-state index < -0.39 is 0 Å². The lowest BCUT2D eigenvalue weighted by molar-refractivity contribution is 0.591. The van der Waals surface area contributed by atoms with E-state index in [9.17, 15) is 0 Å². The van der Waals surface area contributed by atoms with Crippen LogP contribution in [-0.4, -0.2) is 26.2 Å². The molecule has 2 nitrogen and oxygen atoms in total. The number of nitrogens with zero attached hydrogens (tertiary/aromatic N) is 1. The number of piperazine rings is 1. The normalized spacial score (nSPS) is 18.2. The molecule has 0 aliphatic carbocycles. The van der Waals surface area contributed by atoms with E-state index in [0.29, 0.717) is 0 Å². The minimum absolute atomic E-state index is 1.12. The highest BCUT2D eigenvalue weighted by Crippen LogP contribution is 2.26. The van der Waals surface area contributed by atoms with Gasteiger partial charge in [-0.2, -0.15) is 0 Å². The summed E-state index contributed by atoms with van der Waals surface area (Å²) >= 11 is 1.85. The first-order valence-corrected chi connectivity index (χ1v) is 5.25. The Hall–Kier alpha value is -0.540. The van der Waals surface area contributed by atoms with Gasteiger partial charge < -0.3 is 10.2 Å². The molecule has 66 valence electrons. The molecule has 0 unspecified atom stereocenters. The maximum atomic E-state index is 3.36. The summed E-state index contributed by atoms with van der Waals surface area (Å²) in [5.41, 5.74) is 1.42. The largest absolute Gasteiger partial charge is 0.361 e. The van der Waals surface area contributed by atoms with Gasteiger partial charge in [0.25, 0.3) is 0 Å². The Bertz CT molecular complexity index is 251. The predicted molar refractivity (Wildman–Crippen MR) is 54.1 cm³/mol. The number of anilines is 1. The molecular weight excluding hydrogens is 168 g/mol. The average Bonchev–Trinajstić information content (AvgIpc) is 2.53. The number of thiophene rings is 1. The molecule has 1 aliphatic rings. The van der Waals surface area contributed by atoms with Crippen molar-refractivity contribution >= 4 is 16.3 Å². The molecule has 12 heavy (non-hydrogen) atoms. The average molecular weight is 182 g/mol. The molecule has 1 aliphatic heterocycles. The second-order valence-electron chi connectivity index (χ2n) is 3.15. The Morgan fingerprint density at radius 1 is 1.42 bits per heavy atom. The second-order valence-corrected chi connectivity index (χ2v) is 4.04. The maximum absolute atomic E-state index is 3.36. The minimum Gasteiger partial charge on any atom is -0.361 e. The molecule has 1 N–H and O–H groups in total. The lowest BCUT2D eigenvalue weighted by atomic mass is 10.3. The number of nitrogens with one attached hydrogen (secondary N) is 1. The Kier molecular flexibility index (Phi) is 2.33. The SMILES string of the molecule is Cc1ccsc1N1CCNCC1. The molecule has 2 heterocycles. The highest BCUT2D eigenvalue weighted by atomic mass is 32.1. The van der Waals surface area contributed by atoms with Gasteiger partial charge in [0.05, 0.1) is 5.00 Å². The summed E-state index contributed by atoms with van der Waals surface area (Å²) in [6.07, 6.45) is 0. The Labute approximate surface area is 77.2 Å². The lowest BCUT2D eigenvalue weighted by Gasteiger charge is -2.28. The van der Waals surface area contributed by atoms with Gasteiger partial charge in [-0.15, -0.1) is 11.3 Å². The van der Waals surface area contributed by atoms with Crippen molar-refractivity contribution in [2.24, 2.45) is 0 Å². The van der Waals surface area contributed by atoms with Crippen LogP contribution >= 0.6 is 11.3 Å². The van der Waals surface area contributed by atoms with Gasteiger partial charge >= 0.3 is 0 Å². The molecule has 0 bridgehead atoms. The van der Waals surface area contributed by atoms with Crippen molar-refractivity contribution in [3.8, 4) is 0 Å². The molecule has 1 aromatic heterocycles. The molecule has 3 heteroatoms. The third kappa shape index (κ3) is 1.47. The number of rotatable bonds is 1. The molecule has 0 radical (unpaired) electrons. The molecule has 2 rings (SSSR count). The first kappa shape index (κ1) is 8.08. The highest BCUT2D eigenvalue weighted by Gasteiger charge is 2.12. The van der Waals surface area contributed by atoms with Crippen molar-refractivity contribution in [3.05, 3.63) is 17.0 Å². The summed E-state index contributed by atoms with van der Waals surface area (Å²) in [7, 11) is 0. The Morgan fingerprint density at radius 3 is 2.75 bits per heavy atom. The summed E-state index contributed by atoms with van der Waals surface area (Å²) in [5.74, 6) is 0. The van der Waals surface area contributed by atoms with Gasteiger partial charge in [-0.05, 0) is 23.9 Å². The van der Waals surface area contributed by atoms with Crippen LogP contribution in [0.2, 0.25) is 0 Å². The number of hydrogen-bond donors (Lipinski definition) is 1. The predicted octanol–water partition coefficient (Wildman–Crippen LogP) is 1.47. The van der Waals surface area contributed by atoms with Crippen molar-refractivity contribution in [2.75, 3.05) is 31.1 Å². The first-order chi connectivity index (χ1) is 5.88. The summed E-state index contributed by atoms with van der Waals surface area (Å²) < 4.78 is 0. The second kappa shape index (κ2) is 3.46. The van der Waals surface area contributed by atoms with Crippen LogP contribution in [0.5, 0.6) is 0 Å². The van der Waals surface area contributed by atoms with Crippen molar-refractivity contribution in [1.29, 1.82) is 0 Å². The zero-order valence-electron chi connectivity index (χ0n) is 7.34. The number of aryl methyl sites for hydroxylation is 1. The van der Waals surface area contributed by atoms with Gasteiger partial charge in [0.1, 0.15) is 0 Å². The summed E-state index contributed by atoms with van der Waals surface area (Å²) in [5, 5.41) is 6.99. The van der Waals surface area contributed by atoms with Crippen LogP contribution in [0.4, 0.5) is 5.00 Å². The minimum atomic E-state index is 1.12. The lowest BCUT2D eigenvalue weighted by Crippen LogP contribution is -2.43. The molecule has 0 saturated carbocycles. The molecule has 0 aromatic carbocycles. The smallest absolute Gasteiger partial charge is 0.0939 e. The van der Waals surface area contributed by atoms with Crippen LogP contribution in [0.15, 0.2) is 11.4 Å². The summed E-state index contributed by atoms with van der Waals surface area (Å²) in [6, 6.07) is 2.20. The van der Waals surface area contributed by atoms with Gasteiger partial charge in [0.15, 0.2) is 0 Å². The van der Waals surface area contributed by atoms with Crippen LogP contribution < -0.4 is 10.2 Å². The van der Waals surface area contributed by atoms with E-state index in [1.807, 2.05) is 11.3 Å². The Balaban J connectivity index is 2.13. The molecule has 0 spiro atoms. The molecular formula is C9H14N2S. The molecule has 0 atom stereocenters. The van der Waals surface area contributed by atoms with Crippen molar-refractivity contribution in [1.82, 2.24) is 5.32 Å². The standard InChI is InChI=1S/C9H14N2S/c1-8-2-7-12-9(8)11-5-3-10-4-6-11/h2,7,10H,3-6H2,1H3. The van der Waals surface area contributed by atoms with Gasteiger partial charge in [-0.25, -0.2) is 0 Å². The number of hydrogen-bond acceptors (Lipinski definition) is 3. The van der Waals surface area contributed by atoms with Gasteiger partial charge in [-0.3, -0.25) is 0 Å². The van der Waals surface area contributed by atoms with Crippen LogP contribution in [0, 0.1) is 6.92 Å². The fourth-order valence-electron chi connectivity index (χ4n) is 1.56. The third-order valence-corrected chi connectivity index (χ3v) is 3.31. The molecule has 1 saturated heterocycles. The van der Waals surface area contributed by atoms with Crippen LogP contribution in [0.1, 0.15) is 5.56 Å².